The highest BCUT2D eigenvalue weighted by Gasteiger charge is 2.46. The van der Waals surface area contributed by atoms with Crippen molar-refractivity contribution in [1.29, 1.82) is 0 Å². The molecule has 4 nitrogen and oxygen atoms in total. The predicted octanol–water partition coefficient (Wildman–Crippen LogP) is 4.10. The molecule has 1 aliphatic heterocycles. The van der Waals surface area contributed by atoms with Crippen LogP contribution in [0.4, 0.5) is 0 Å². The first-order valence-electron chi connectivity index (χ1n) is 8.99. The highest BCUT2D eigenvalue weighted by atomic mass is 16.2. The highest BCUT2D eigenvalue weighted by molar-refractivity contribution is 5.96. The van der Waals surface area contributed by atoms with Gasteiger partial charge in [0.15, 0.2) is 0 Å². The third-order valence-electron chi connectivity index (χ3n) is 4.94. The Labute approximate surface area is 155 Å². The van der Waals surface area contributed by atoms with Crippen molar-refractivity contribution in [3.8, 4) is 0 Å². The molecule has 0 spiro atoms. The zero-order valence-corrected chi connectivity index (χ0v) is 15.8. The van der Waals surface area contributed by atoms with Crippen molar-refractivity contribution in [3.63, 3.8) is 0 Å². The molecule has 1 aliphatic rings. The van der Waals surface area contributed by atoms with Crippen molar-refractivity contribution in [1.82, 2.24) is 9.80 Å². The van der Waals surface area contributed by atoms with Gasteiger partial charge in [0.05, 0.1) is 12.5 Å². The summed E-state index contributed by atoms with van der Waals surface area (Å²) in [6, 6.07) is 18.9. The second-order valence-corrected chi connectivity index (χ2v) is 7.95. The SMILES string of the molecule is CN1C(=O)C[C@@H](c2ccccc2)N(C(=O)c2ccccc2)[C@@H]1C(C)(C)C. The lowest BCUT2D eigenvalue weighted by Crippen LogP contribution is -2.62. The summed E-state index contributed by atoms with van der Waals surface area (Å²) in [5.74, 6) is 0.0228. The van der Waals surface area contributed by atoms with Crippen molar-refractivity contribution < 1.29 is 9.59 Å². The molecular formula is C22H26N2O2. The Morgan fingerprint density at radius 2 is 1.50 bits per heavy atom. The first-order chi connectivity index (χ1) is 12.3. The van der Waals surface area contributed by atoms with Crippen LogP contribution in [0.2, 0.25) is 0 Å². The third-order valence-corrected chi connectivity index (χ3v) is 4.94. The monoisotopic (exact) mass is 350 g/mol. The molecule has 0 radical (unpaired) electrons. The van der Waals surface area contributed by atoms with Crippen molar-refractivity contribution >= 4 is 11.8 Å². The lowest BCUT2D eigenvalue weighted by atomic mass is 9.85. The van der Waals surface area contributed by atoms with E-state index in [1.165, 1.54) is 0 Å². The van der Waals surface area contributed by atoms with Gasteiger partial charge in [-0.3, -0.25) is 9.59 Å². The summed E-state index contributed by atoms with van der Waals surface area (Å²) in [7, 11) is 1.80. The summed E-state index contributed by atoms with van der Waals surface area (Å²) in [4.78, 5) is 29.8. The van der Waals surface area contributed by atoms with Gasteiger partial charge in [-0.05, 0) is 17.7 Å². The molecule has 1 heterocycles. The Balaban J connectivity index is 2.12. The molecule has 1 fully saturated rings. The summed E-state index contributed by atoms with van der Waals surface area (Å²) >= 11 is 0. The Kier molecular flexibility index (Phi) is 4.86. The van der Waals surface area contributed by atoms with E-state index in [1.807, 2.05) is 65.6 Å². The summed E-state index contributed by atoms with van der Waals surface area (Å²) in [5, 5.41) is 0. The minimum Gasteiger partial charge on any atom is -0.325 e. The molecule has 0 unspecified atom stereocenters. The highest BCUT2D eigenvalue weighted by Crippen LogP contribution is 2.40. The molecule has 0 aromatic heterocycles. The third kappa shape index (κ3) is 3.36. The minimum absolute atomic E-state index is 0.0428. The number of nitrogens with zero attached hydrogens (tertiary/aromatic N) is 2. The maximum absolute atomic E-state index is 13.5. The predicted molar refractivity (Wildman–Crippen MR) is 102 cm³/mol. The average molecular weight is 350 g/mol. The van der Waals surface area contributed by atoms with Gasteiger partial charge >= 0.3 is 0 Å². The van der Waals surface area contributed by atoms with E-state index in [2.05, 4.69) is 20.8 Å². The van der Waals surface area contributed by atoms with Crippen LogP contribution in [0, 0.1) is 5.41 Å². The van der Waals surface area contributed by atoms with E-state index in [1.54, 1.807) is 11.9 Å². The molecule has 0 bridgehead atoms. The summed E-state index contributed by atoms with van der Waals surface area (Å²) in [6.45, 7) is 6.21. The van der Waals surface area contributed by atoms with Gasteiger partial charge in [0.25, 0.3) is 5.91 Å². The van der Waals surface area contributed by atoms with Crippen molar-refractivity contribution in [3.05, 3.63) is 71.8 Å². The number of amides is 2. The average Bonchev–Trinajstić information content (AvgIpc) is 2.63. The van der Waals surface area contributed by atoms with E-state index in [0.29, 0.717) is 12.0 Å². The first kappa shape index (κ1) is 18.2. The van der Waals surface area contributed by atoms with Crippen LogP contribution in [0.25, 0.3) is 0 Å². The Morgan fingerprint density at radius 3 is 2.04 bits per heavy atom. The fraction of sp³-hybridized carbons (Fsp3) is 0.364. The van der Waals surface area contributed by atoms with Crippen LogP contribution in [-0.2, 0) is 4.79 Å². The second-order valence-electron chi connectivity index (χ2n) is 7.95. The molecular weight excluding hydrogens is 324 g/mol. The fourth-order valence-corrected chi connectivity index (χ4v) is 3.84. The fourth-order valence-electron chi connectivity index (χ4n) is 3.84. The van der Waals surface area contributed by atoms with Crippen LogP contribution in [0.5, 0.6) is 0 Å². The molecule has 1 saturated heterocycles. The van der Waals surface area contributed by atoms with E-state index < -0.39 is 0 Å². The van der Waals surface area contributed by atoms with Crippen LogP contribution in [-0.4, -0.2) is 34.8 Å². The molecule has 2 amide bonds. The van der Waals surface area contributed by atoms with Gasteiger partial charge in [0.1, 0.15) is 6.17 Å². The van der Waals surface area contributed by atoms with Gasteiger partial charge in [-0.2, -0.15) is 0 Å². The molecule has 2 aromatic rings. The molecule has 2 atom stereocenters. The molecule has 0 saturated carbocycles. The maximum Gasteiger partial charge on any atom is 0.256 e. The maximum atomic E-state index is 13.5. The van der Waals surface area contributed by atoms with Gasteiger partial charge < -0.3 is 9.80 Å². The summed E-state index contributed by atoms with van der Waals surface area (Å²) in [5.41, 5.74) is 1.36. The number of rotatable bonds is 2. The smallest absolute Gasteiger partial charge is 0.256 e. The lowest BCUT2D eigenvalue weighted by Gasteiger charge is -2.52. The molecule has 2 aromatic carbocycles. The molecule has 0 aliphatic carbocycles. The zero-order valence-electron chi connectivity index (χ0n) is 15.8. The Bertz CT molecular complexity index is 781. The number of carbonyl (C=O) groups is 2. The van der Waals surface area contributed by atoms with Gasteiger partial charge in [0, 0.05) is 18.0 Å². The first-order valence-corrected chi connectivity index (χ1v) is 8.99. The van der Waals surface area contributed by atoms with Crippen LogP contribution in [0.15, 0.2) is 60.7 Å². The molecule has 26 heavy (non-hydrogen) atoms. The van der Waals surface area contributed by atoms with Crippen molar-refractivity contribution in [2.45, 2.75) is 39.4 Å². The molecule has 136 valence electrons. The van der Waals surface area contributed by atoms with E-state index in [-0.39, 0.29) is 29.4 Å². The van der Waals surface area contributed by atoms with Crippen LogP contribution < -0.4 is 0 Å². The van der Waals surface area contributed by atoms with Gasteiger partial charge in [-0.25, -0.2) is 0 Å². The van der Waals surface area contributed by atoms with E-state index in [9.17, 15) is 9.59 Å². The number of benzene rings is 2. The number of hydrogen-bond donors (Lipinski definition) is 0. The van der Waals surface area contributed by atoms with Crippen LogP contribution in [0.3, 0.4) is 0 Å². The lowest BCUT2D eigenvalue weighted by molar-refractivity contribution is -0.150. The Morgan fingerprint density at radius 1 is 0.962 bits per heavy atom. The van der Waals surface area contributed by atoms with Crippen molar-refractivity contribution in [2.75, 3.05) is 7.05 Å². The largest absolute Gasteiger partial charge is 0.325 e. The Hall–Kier alpha value is -2.62. The zero-order chi connectivity index (χ0) is 18.9. The van der Waals surface area contributed by atoms with Crippen LogP contribution >= 0.6 is 0 Å². The van der Waals surface area contributed by atoms with Gasteiger partial charge in [0.2, 0.25) is 5.91 Å². The molecule has 4 heteroatoms. The number of carbonyl (C=O) groups excluding carboxylic acids is 2. The molecule has 3 rings (SSSR count). The summed E-state index contributed by atoms with van der Waals surface area (Å²) in [6.07, 6.45) is -0.0206. The standard InChI is InChI=1S/C22H26N2O2/c1-22(2,3)21-23(4)19(25)15-18(16-11-7-5-8-12-16)24(21)20(26)17-13-9-6-10-14-17/h5-14,18,21H,15H2,1-4H3/t18-,21+/m0/s1. The minimum atomic E-state index is -0.318. The van der Waals surface area contributed by atoms with Crippen LogP contribution in [0.1, 0.15) is 49.2 Å². The number of hydrogen-bond acceptors (Lipinski definition) is 2. The summed E-state index contributed by atoms with van der Waals surface area (Å²) < 4.78 is 0. The van der Waals surface area contributed by atoms with Gasteiger partial charge in [-0.15, -0.1) is 0 Å². The topological polar surface area (TPSA) is 40.6 Å². The van der Waals surface area contributed by atoms with Crippen molar-refractivity contribution in [2.24, 2.45) is 5.41 Å². The normalized spacial score (nSPS) is 21.0. The molecule has 0 N–H and O–H groups in total. The van der Waals surface area contributed by atoms with E-state index in [4.69, 9.17) is 0 Å². The van der Waals surface area contributed by atoms with Gasteiger partial charge in [-0.1, -0.05) is 69.3 Å². The quantitative estimate of drug-likeness (QED) is 0.818. The van der Waals surface area contributed by atoms with E-state index in [0.717, 1.165) is 5.56 Å². The second kappa shape index (κ2) is 6.94. The van der Waals surface area contributed by atoms with E-state index >= 15 is 0 Å².